The van der Waals surface area contributed by atoms with Crippen LogP contribution in [0, 0.1) is 35.5 Å². The fourth-order valence-corrected chi connectivity index (χ4v) is 9.12. The van der Waals surface area contributed by atoms with E-state index in [1.807, 2.05) is 73.9 Å². The number of nitrogens with zero attached hydrogens (tertiary/aromatic N) is 4. The van der Waals surface area contributed by atoms with Gasteiger partial charge >= 0.3 is 12.2 Å². The average molecular weight is 830 g/mol. The van der Waals surface area contributed by atoms with E-state index in [1.165, 1.54) is 14.2 Å². The quantitative estimate of drug-likeness (QED) is 0.134. The van der Waals surface area contributed by atoms with Gasteiger partial charge in [0.15, 0.2) is 5.15 Å². The van der Waals surface area contributed by atoms with E-state index in [0.29, 0.717) is 40.0 Å². The normalized spacial score (nSPS) is 23.8. The Morgan fingerprint density at radius 3 is 1.83 bits per heavy atom. The summed E-state index contributed by atoms with van der Waals surface area (Å²) in [6.07, 6.45) is 2.08. The largest absolute Gasteiger partial charge is 0.453 e. The number of fused-ring (bicyclic) bond motifs is 3. The number of H-pyrrole nitrogens is 2. The molecular formula is C42H46Cl2N8O6. The number of piperidine rings is 2. The van der Waals surface area contributed by atoms with Crippen LogP contribution < -0.4 is 10.6 Å². The molecule has 16 heteroatoms. The number of aromatic amines is 2. The number of hydrogen-bond acceptors (Lipinski definition) is 8. The van der Waals surface area contributed by atoms with E-state index in [-0.39, 0.29) is 53.0 Å². The summed E-state index contributed by atoms with van der Waals surface area (Å²) in [5, 5.41) is 7.95. The van der Waals surface area contributed by atoms with Crippen LogP contribution in [0.2, 0.25) is 10.3 Å². The first kappa shape index (κ1) is 39.6. The van der Waals surface area contributed by atoms with Crippen molar-refractivity contribution in [3.8, 4) is 23.1 Å². The van der Waals surface area contributed by atoms with Gasteiger partial charge in [0.25, 0.3) is 0 Å². The van der Waals surface area contributed by atoms with Gasteiger partial charge in [-0.25, -0.2) is 19.6 Å². The Hall–Kier alpha value is -5.26. The first-order valence-electron chi connectivity index (χ1n) is 19.7. The van der Waals surface area contributed by atoms with Crippen LogP contribution in [0.5, 0.6) is 0 Å². The minimum absolute atomic E-state index is 0.0977. The SMILES string of the molecule is COC(=O)N[C@H](C(=O)N1[C@@H]2C[C@@H]2C[C@H]1c1nc(-c2ccc3cc(C#Cc4[nH]c([C@@H]5C[C@H]6C[C@H]6N5C(=O)[C@@H](NC(=O)OC)C(C)C)nc4Cl)ccc3c2)c(Cl)[nH]1)C(C)C. The van der Waals surface area contributed by atoms with E-state index in [4.69, 9.17) is 37.7 Å². The molecule has 58 heavy (non-hydrogen) atoms. The number of aromatic nitrogens is 4. The molecule has 4 aliphatic rings. The molecule has 0 radical (unpaired) electrons. The number of nitrogens with one attached hydrogen (secondary N) is 4. The van der Waals surface area contributed by atoms with E-state index < -0.39 is 24.3 Å². The standard InChI is InChI=1S/C42H46Cl2N8O6/c1-19(2)32(47-41(55)57-5)39(53)51-28-15-25(28)17-30(51)37-45-27(35(43)49-37)12-8-21-7-9-23-14-24(11-10-22(23)13-21)34-36(44)50-38(46-34)31-18-26-16-29(26)52(31)40(54)33(20(3)4)48-42(56)58-6/h7,9-11,13-14,19-20,25-26,28-33H,15-18H2,1-6H3,(H,45,49)(H,46,50)(H,47,55)(H,48,56)/t25-,26-,28-,29-,30+,31+,32+,33+/m1/s1. The van der Waals surface area contributed by atoms with Crippen LogP contribution in [0.15, 0.2) is 36.4 Å². The lowest BCUT2D eigenvalue weighted by Crippen LogP contribution is -2.52. The van der Waals surface area contributed by atoms with Crippen LogP contribution in [-0.2, 0) is 19.1 Å². The maximum Gasteiger partial charge on any atom is 0.407 e. The number of imidazole rings is 2. The molecule has 0 unspecified atom stereocenters. The third-order valence-corrected chi connectivity index (χ3v) is 12.5. The van der Waals surface area contributed by atoms with Gasteiger partial charge in [-0.2, -0.15) is 0 Å². The minimum Gasteiger partial charge on any atom is -0.453 e. The summed E-state index contributed by atoms with van der Waals surface area (Å²) in [4.78, 5) is 71.5. The van der Waals surface area contributed by atoms with Gasteiger partial charge in [-0.15, -0.1) is 0 Å². The van der Waals surface area contributed by atoms with Gasteiger partial charge in [-0.05, 0) is 84.2 Å². The summed E-state index contributed by atoms with van der Waals surface area (Å²) in [5.41, 5.74) is 2.64. The zero-order chi connectivity index (χ0) is 41.2. The van der Waals surface area contributed by atoms with Crippen LogP contribution in [0.4, 0.5) is 9.59 Å². The molecule has 2 aromatic heterocycles. The number of rotatable bonds is 9. The first-order chi connectivity index (χ1) is 27.8. The van der Waals surface area contributed by atoms with E-state index in [0.717, 1.165) is 47.6 Å². The molecular weight excluding hydrogens is 783 g/mol. The summed E-state index contributed by atoms with van der Waals surface area (Å²) in [5.74, 6) is 7.68. The smallest absolute Gasteiger partial charge is 0.407 e. The summed E-state index contributed by atoms with van der Waals surface area (Å²) in [6, 6.07) is 10.0. The molecule has 2 saturated heterocycles. The molecule has 14 nitrogen and oxygen atoms in total. The molecule has 4 N–H and O–H groups in total. The number of amides is 4. The number of carbonyl (C=O) groups is 4. The Balaban J connectivity index is 0.983. The lowest BCUT2D eigenvalue weighted by molar-refractivity contribution is -0.137. The fraction of sp³-hybridized carbons (Fsp3) is 0.476. The zero-order valence-electron chi connectivity index (χ0n) is 33.1. The van der Waals surface area contributed by atoms with Crippen molar-refractivity contribution in [1.82, 2.24) is 40.4 Å². The first-order valence-corrected chi connectivity index (χ1v) is 20.4. The topological polar surface area (TPSA) is 175 Å². The number of carbonyl (C=O) groups excluding carboxylic acids is 4. The van der Waals surface area contributed by atoms with Crippen molar-refractivity contribution in [2.24, 2.45) is 23.7 Å². The molecule has 4 fully saturated rings. The molecule has 2 aliphatic carbocycles. The van der Waals surface area contributed by atoms with Crippen LogP contribution in [0.1, 0.15) is 88.4 Å². The molecule has 4 aromatic rings. The Bertz CT molecular complexity index is 2360. The van der Waals surface area contributed by atoms with Gasteiger partial charge in [0.05, 0.1) is 26.3 Å². The number of halogens is 2. The molecule has 4 heterocycles. The highest BCUT2D eigenvalue weighted by Crippen LogP contribution is 2.55. The minimum atomic E-state index is -0.732. The highest BCUT2D eigenvalue weighted by molar-refractivity contribution is 6.32. The summed E-state index contributed by atoms with van der Waals surface area (Å²) >= 11 is 13.4. The maximum atomic E-state index is 13.8. The molecule has 2 aliphatic heterocycles. The Labute approximate surface area is 346 Å². The van der Waals surface area contributed by atoms with Gasteiger partial charge in [0.1, 0.15) is 40.3 Å². The number of benzene rings is 2. The second kappa shape index (κ2) is 15.5. The zero-order valence-corrected chi connectivity index (χ0v) is 34.6. The van der Waals surface area contributed by atoms with Gasteiger partial charge in [-0.1, -0.05) is 75.0 Å². The van der Waals surface area contributed by atoms with E-state index >= 15 is 0 Å². The number of methoxy groups -OCH3 is 2. The highest BCUT2D eigenvalue weighted by Gasteiger charge is 2.57. The third kappa shape index (κ3) is 7.46. The second-order valence-electron chi connectivity index (χ2n) is 16.4. The van der Waals surface area contributed by atoms with Crippen molar-refractivity contribution in [1.29, 1.82) is 0 Å². The lowest BCUT2D eigenvalue weighted by Gasteiger charge is -2.31. The van der Waals surface area contributed by atoms with Crippen LogP contribution in [-0.4, -0.2) is 92.1 Å². The van der Waals surface area contributed by atoms with E-state index in [9.17, 15) is 19.2 Å². The Kier molecular flexibility index (Phi) is 10.6. The van der Waals surface area contributed by atoms with Crippen LogP contribution >= 0.6 is 23.2 Å². The molecule has 304 valence electrons. The number of hydrogen-bond donors (Lipinski definition) is 4. The van der Waals surface area contributed by atoms with Gasteiger partial charge < -0.3 is 39.9 Å². The molecule has 4 amide bonds. The maximum absolute atomic E-state index is 13.8. The summed E-state index contributed by atoms with van der Waals surface area (Å²) in [7, 11) is 2.56. The van der Waals surface area contributed by atoms with E-state index in [2.05, 4.69) is 37.4 Å². The summed E-state index contributed by atoms with van der Waals surface area (Å²) in [6.45, 7) is 7.56. The molecule has 8 atom stereocenters. The second-order valence-corrected chi connectivity index (χ2v) is 17.2. The predicted molar refractivity (Wildman–Crippen MR) is 217 cm³/mol. The highest BCUT2D eigenvalue weighted by atomic mass is 35.5. The van der Waals surface area contributed by atoms with Gasteiger partial charge in [0.2, 0.25) is 11.8 Å². The Morgan fingerprint density at radius 1 is 0.741 bits per heavy atom. The number of ether oxygens (including phenoxy) is 2. The molecule has 0 spiro atoms. The molecule has 2 aromatic carbocycles. The Morgan fingerprint density at radius 2 is 1.28 bits per heavy atom. The van der Waals surface area contributed by atoms with Crippen LogP contribution in [0.3, 0.4) is 0 Å². The number of alkyl carbamates (subject to hydrolysis) is 2. The monoisotopic (exact) mass is 828 g/mol. The van der Waals surface area contributed by atoms with E-state index in [1.54, 1.807) is 0 Å². The van der Waals surface area contributed by atoms with Crippen molar-refractivity contribution >= 4 is 58.0 Å². The average Bonchev–Trinajstić information content (AvgIpc) is 3.92. The van der Waals surface area contributed by atoms with Crippen molar-refractivity contribution in [3.05, 3.63) is 69.6 Å². The van der Waals surface area contributed by atoms with Crippen molar-refractivity contribution in [2.45, 2.75) is 89.6 Å². The van der Waals surface area contributed by atoms with Crippen molar-refractivity contribution in [3.63, 3.8) is 0 Å². The van der Waals surface area contributed by atoms with Gasteiger partial charge in [-0.3, -0.25) is 9.59 Å². The summed E-state index contributed by atoms with van der Waals surface area (Å²) < 4.78 is 9.56. The fourth-order valence-electron chi connectivity index (χ4n) is 8.69. The lowest BCUT2D eigenvalue weighted by atomic mass is 10.0. The van der Waals surface area contributed by atoms with Crippen molar-refractivity contribution < 1.29 is 28.7 Å². The molecule has 8 rings (SSSR count). The number of likely N-dealkylation sites (tertiary alicyclic amines) is 2. The van der Waals surface area contributed by atoms with Crippen molar-refractivity contribution in [2.75, 3.05) is 14.2 Å². The van der Waals surface area contributed by atoms with Gasteiger partial charge in [0, 0.05) is 23.2 Å². The molecule has 0 bridgehead atoms. The molecule has 2 saturated carbocycles. The van der Waals surface area contributed by atoms with Crippen LogP contribution in [0.25, 0.3) is 22.0 Å². The predicted octanol–water partition coefficient (Wildman–Crippen LogP) is 6.74. The third-order valence-electron chi connectivity index (χ3n) is 11.9.